The molecular formula is C21H23N3O2S. The van der Waals surface area contributed by atoms with Gasteiger partial charge in [-0.3, -0.25) is 0 Å². The number of aromatic amines is 1. The molecule has 0 aliphatic carbocycles. The summed E-state index contributed by atoms with van der Waals surface area (Å²) in [5.41, 5.74) is 4.20. The van der Waals surface area contributed by atoms with E-state index in [4.69, 9.17) is 0 Å². The first kappa shape index (κ1) is 16.8. The number of β-amino-alcohol motifs (C(OH)–C–C–N with tert-alkyl or cyclic N) is 1. The lowest BCUT2D eigenvalue weighted by Crippen LogP contribution is -2.22. The summed E-state index contributed by atoms with van der Waals surface area (Å²) in [4.78, 5) is 6.54. The van der Waals surface area contributed by atoms with E-state index in [1.54, 1.807) is 0 Å². The predicted molar refractivity (Wildman–Crippen MR) is 110 cm³/mol. The van der Waals surface area contributed by atoms with Crippen molar-refractivity contribution in [1.82, 2.24) is 4.98 Å². The zero-order chi connectivity index (χ0) is 18.4. The number of aliphatic hydroxyl groups is 1. The highest BCUT2D eigenvalue weighted by Crippen LogP contribution is 2.37. The van der Waals surface area contributed by atoms with Crippen molar-refractivity contribution in [3.63, 3.8) is 0 Å². The molecule has 0 spiro atoms. The van der Waals surface area contributed by atoms with Crippen molar-refractivity contribution in [3.05, 3.63) is 48.5 Å². The first-order valence-corrected chi connectivity index (χ1v) is 11.2. The van der Waals surface area contributed by atoms with Gasteiger partial charge < -0.3 is 15.0 Å². The van der Waals surface area contributed by atoms with E-state index in [9.17, 15) is 9.32 Å². The van der Waals surface area contributed by atoms with Crippen LogP contribution in [-0.2, 0) is 9.73 Å². The Morgan fingerprint density at radius 2 is 2.07 bits per heavy atom. The molecule has 3 heterocycles. The minimum Gasteiger partial charge on any atom is -0.391 e. The molecule has 0 radical (unpaired) electrons. The molecule has 6 heteroatoms. The molecule has 0 amide bonds. The number of hydrogen-bond donors (Lipinski definition) is 2. The molecule has 2 N–H and O–H groups in total. The van der Waals surface area contributed by atoms with Crippen LogP contribution in [0, 0.1) is 0 Å². The van der Waals surface area contributed by atoms with Crippen LogP contribution in [0.5, 0.6) is 0 Å². The fourth-order valence-corrected chi connectivity index (χ4v) is 6.15. The summed E-state index contributed by atoms with van der Waals surface area (Å²) in [5.74, 6) is 0.640. The number of aliphatic hydroxyl groups excluding tert-OH is 1. The van der Waals surface area contributed by atoms with E-state index in [2.05, 4.69) is 38.5 Å². The second-order valence-electron chi connectivity index (χ2n) is 7.39. The zero-order valence-electron chi connectivity index (χ0n) is 15.1. The average molecular weight is 382 g/mol. The molecular weight excluding hydrogens is 358 g/mol. The van der Waals surface area contributed by atoms with Gasteiger partial charge in [0.25, 0.3) is 0 Å². The maximum absolute atomic E-state index is 13.2. The molecule has 2 aliphatic rings. The van der Waals surface area contributed by atoms with Gasteiger partial charge in [-0.1, -0.05) is 18.2 Å². The van der Waals surface area contributed by atoms with E-state index >= 15 is 0 Å². The maximum Gasteiger partial charge on any atom is 0.0753 e. The number of anilines is 1. The first-order chi connectivity index (χ1) is 13.1. The second kappa shape index (κ2) is 6.39. The molecule has 2 atom stereocenters. The quantitative estimate of drug-likeness (QED) is 0.728. The number of benzene rings is 2. The SMILES string of the molecule is O=S1(c2ccc(N3CC[C@H](O)C3)c(-c3cc4ccccc4[nH]3)c2)=NCCC1. The van der Waals surface area contributed by atoms with Gasteiger partial charge in [0.15, 0.2) is 0 Å². The zero-order valence-corrected chi connectivity index (χ0v) is 15.9. The molecule has 27 heavy (non-hydrogen) atoms. The summed E-state index contributed by atoms with van der Waals surface area (Å²) in [7, 11) is -2.30. The van der Waals surface area contributed by atoms with Crippen molar-refractivity contribution in [2.24, 2.45) is 4.36 Å². The molecule has 1 unspecified atom stereocenters. The fourth-order valence-electron chi connectivity index (χ4n) is 4.11. The van der Waals surface area contributed by atoms with Gasteiger partial charge in [-0.15, -0.1) is 0 Å². The van der Waals surface area contributed by atoms with Gasteiger partial charge in [-0.25, -0.2) is 8.57 Å². The monoisotopic (exact) mass is 381 g/mol. The molecule has 2 aliphatic heterocycles. The summed E-state index contributed by atoms with van der Waals surface area (Å²) in [5, 5.41) is 11.1. The van der Waals surface area contributed by atoms with Crippen LogP contribution in [0.15, 0.2) is 57.8 Å². The lowest BCUT2D eigenvalue weighted by Gasteiger charge is -2.22. The van der Waals surface area contributed by atoms with Crippen molar-refractivity contribution in [3.8, 4) is 11.3 Å². The number of nitrogens with zero attached hydrogens (tertiary/aromatic N) is 2. The Bertz CT molecular complexity index is 1090. The van der Waals surface area contributed by atoms with Gasteiger partial charge in [-0.2, -0.15) is 0 Å². The smallest absolute Gasteiger partial charge is 0.0753 e. The van der Waals surface area contributed by atoms with Gasteiger partial charge in [0, 0.05) is 58.1 Å². The maximum atomic E-state index is 13.2. The van der Waals surface area contributed by atoms with Crippen LogP contribution in [-0.4, -0.2) is 45.8 Å². The average Bonchev–Trinajstić information content (AvgIpc) is 3.41. The third-order valence-corrected chi connectivity index (χ3v) is 7.97. The molecule has 1 aromatic heterocycles. The minimum absolute atomic E-state index is 0.290. The lowest BCUT2D eigenvalue weighted by molar-refractivity contribution is 0.198. The number of rotatable bonds is 3. The number of hydrogen-bond acceptors (Lipinski definition) is 4. The largest absolute Gasteiger partial charge is 0.391 e. The topological polar surface area (TPSA) is 68.7 Å². The molecule has 140 valence electrons. The van der Waals surface area contributed by atoms with E-state index in [1.165, 1.54) is 0 Å². The summed E-state index contributed by atoms with van der Waals surface area (Å²) in [6, 6.07) is 16.4. The standard InChI is InChI=1S/C21H23N3O2S/c25-16-8-10-24(14-16)21-7-6-17(27(26)11-3-9-22-27)13-18(21)20-12-15-4-1-2-5-19(15)23-20/h1-2,4-7,12-13,16,23,25H,3,8-11,14H2/t16-,27?/m0/s1. The summed E-state index contributed by atoms with van der Waals surface area (Å²) in [6.45, 7) is 2.14. The Morgan fingerprint density at radius 1 is 1.19 bits per heavy atom. The molecule has 1 fully saturated rings. The summed E-state index contributed by atoms with van der Waals surface area (Å²) in [6.07, 6.45) is 1.38. The normalized spacial score (nSPS) is 25.2. The number of para-hydroxylation sites is 1. The van der Waals surface area contributed by atoms with E-state index < -0.39 is 9.73 Å². The Balaban J connectivity index is 1.68. The van der Waals surface area contributed by atoms with Gasteiger partial charge in [0.05, 0.1) is 15.8 Å². The number of aromatic nitrogens is 1. The fraction of sp³-hybridized carbons (Fsp3) is 0.333. The molecule has 5 nitrogen and oxygen atoms in total. The van der Waals surface area contributed by atoms with E-state index in [1.807, 2.05) is 24.3 Å². The van der Waals surface area contributed by atoms with Gasteiger partial charge in [0.1, 0.15) is 0 Å². The van der Waals surface area contributed by atoms with Gasteiger partial charge in [-0.05, 0) is 43.2 Å². The van der Waals surface area contributed by atoms with Crippen LogP contribution >= 0.6 is 0 Å². The minimum atomic E-state index is -2.30. The van der Waals surface area contributed by atoms with Crippen molar-refractivity contribution >= 4 is 26.3 Å². The third kappa shape index (κ3) is 2.93. The highest BCUT2D eigenvalue weighted by Gasteiger charge is 2.25. The summed E-state index contributed by atoms with van der Waals surface area (Å²) >= 11 is 0. The number of fused-ring (bicyclic) bond motifs is 1. The molecule has 0 saturated carbocycles. The van der Waals surface area contributed by atoms with E-state index in [-0.39, 0.29) is 6.10 Å². The second-order valence-corrected chi connectivity index (χ2v) is 9.81. The Kier molecular flexibility index (Phi) is 3.98. The lowest BCUT2D eigenvalue weighted by atomic mass is 10.1. The Labute approximate surface area is 159 Å². The summed E-state index contributed by atoms with van der Waals surface area (Å²) < 4.78 is 17.6. The molecule has 2 aromatic carbocycles. The van der Waals surface area contributed by atoms with Crippen LogP contribution in [0.25, 0.3) is 22.2 Å². The van der Waals surface area contributed by atoms with Crippen molar-refractivity contribution in [1.29, 1.82) is 0 Å². The van der Waals surface area contributed by atoms with Crippen LogP contribution in [0.3, 0.4) is 0 Å². The Hall–Kier alpha value is -2.31. The molecule has 3 aromatic rings. The number of H-pyrrole nitrogens is 1. The van der Waals surface area contributed by atoms with Crippen molar-refractivity contribution in [2.75, 3.05) is 30.3 Å². The van der Waals surface area contributed by atoms with Crippen LogP contribution in [0.1, 0.15) is 12.8 Å². The third-order valence-electron chi connectivity index (χ3n) is 5.54. The van der Waals surface area contributed by atoms with Crippen molar-refractivity contribution in [2.45, 2.75) is 23.8 Å². The van der Waals surface area contributed by atoms with E-state index in [0.29, 0.717) is 18.8 Å². The van der Waals surface area contributed by atoms with Gasteiger partial charge in [0.2, 0.25) is 0 Å². The predicted octanol–water partition coefficient (Wildman–Crippen LogP) is 3.64. The number of nitrogens with one attached hydrogen (secondary N) is 1. The Morgan fingerprint density at radius 3 is 2.81 bits per heavy atom. The highest BCUT2D eigenvalue weighted by molar-refractivity contribution is 7.93. The highest BCUT2D eigenvalue weighted by atomic mass is 32.2. The van der Waals surface area contributed by atoms with Crippen LogP contribution in [0.4, 0.5) is 5.69 Å². The van der Waals surface area contributed by atoms with E-state index in [0.717, 1.165) is 52.1 Å². The molecule has 0 bridgehead atoms. The van der Waals surface area contributed by atoms with Crippen LogP contribution < -0.4 is 4.90 Å². The first-order valence-electron chi connectivity index (χ1n) is 9.48. The molecule has 5 rings (SSSR count). The molecule has 1 saturated heterocycles. The van der Waals surface area contributed by atoms with Crippen LogP contribution in [0.2, 0.25) is 0 Å². The van der Waals surface area contributed by atoms with Crippen molar-refractivity contribution < 1.29 is 9.32 Å². The van der Waals surface area contributed by atoms with Gasteiger partial charge >= 0.3 is 0 Å².